The lowest BCUT2D eigenvalue weighted by molar-refractivity contribution is 0.150. The predicted octanol–water partition coefficient (Wildman–Crippen LogP) is 2.05. The quantitative estimate of drug-likeness (QED) is 0.711. The van der Waals surface area contributed by atoms with Gasteiger partial charge in [-0.05, 0) is 6.92 Å². The molecule has 0 aliphatic rings. The fourth-order valence-electron chi connectivity index (χ4n) is 0.892. The Hall–Kier alpha value is -1.26. The number of aryl methyl sites for hydroxylation is 1. The molecule has 0 aliphatic carbocycles. The highest BCUT2D eigenvalue weighted by atomic mass is 19.3. The largest absolute Gasteiger partial charge is 0.396 e. The second-order valence-corrected chi connectivity index (χ2v) is 2.32. The van der Waals surface area contributed by atoms with E-state index in [4.69, 9.17) is 5.73 Å². The summed E-state index contributed by atoms with van der Waals surface area (Å²) in [7, 11) is 0. The first kappa shape index (κ1) is 8.83. The molecule has 0 amide bonds. The highest BCUT2D eigenvalue weighted by Crippen LogP contribution is 2.28. The van der Waals surface area contributed by atoms with Crippen LogP contribution in [0.2, 0.25) is 0 Å². The van der Waals surface area contributed by atoms with Gasteiger partial charge in [-0.25, -0.2) is 13.2 Å². The molecular formula is C7H7F3N2. The summed E-state index contributed by atoms with van der Waals surface area (Å²) < 4.78 is 37.0. The summed E-state index contributed by atoms with van der Waals surface area (Å²) >= 11 is 0. The van der Waals surface area contributed by atoms with E-state index in [2.05, 4.69) is 4.98 Å². The molecule has 0 aliphatic heterocycles. The number of pyridine rings is 1. The van der Waals surface area contributed by atoms with Gasteiger partial charge in [-0.3, -0.25) is 4.98 Å². The van der Waals surface area contributed by atoms with Crippen molar-refractivity contribution >= 4 is 5.69 Å². The third-order valence-corrected chi connectivity index (χ3v) is 1.53. The highest BCUT2D eigenvalue weighted by molar-refractivity contribution is 5.49. The van der Waals surface area contributed by atoms with Crippen LogP contribution < -0.4 is 5.73 Å². The Labute approximate surface area is 67.2 Å². The van der Waals surface area contributed by atoms with Gasteiger partial charge in [0, 0.05) is 5.69 Å². The van der Waals surface area contributed by atoms with Crippen molar-refractivity contribution in [2.45, 2.75) is 13.3 Å². The second-order valence-electron chi connectivity index (χ2n) is 2.32. The first-order valence-corrected chi connectivity index (χ1v) is 3.22. The molecule has 1 aromatic rings. The summed E-state index contributed by atoms with van der Waals surface area (Å²) in [6.45, 7) is 1.36. The molecule has 66 valence electrons. The van der Waals surface area contributed by atoms with Gasteiger partial charge in [0.25, 0.3) is 6.43 Å². The van der Waals surface area contributed by atoms with E-state index in [1.54, 1.807) is 0 Å². The normalized spacial score (nSPS) is 10.8. The number of hydrogen-bond acceptors (Lipinski definition) is 2. The summed E-state index contributed by atoms with van der Waals surface area (Å²) in [5.74, 6) is -0.907. The van der Waals surface area contributed by atoms with E-state index in [9.17, 15) is 13.2 Å². The second kappa shape index (κ2) is 3.00. The molecule has 0 saturated heterocycles. The van der Waals surface area contributed by atoms with E-state index < -0.39 is 23.5 Å². The molecule has 12 heavy (non-hydrogen) atoms. The SMILES string of the molecule is Cc1ncc(F)c(N)c1C(F)F. The summed E-state index contributed by atoms with van der Waals surface area (Å²) in [4.78, 5) is 3.43. The standard InChI is InChI=1S/C7H7F3N2/c1-3-5(7(9)10)6(11)4(8)2-12-3/h2,7H,1H3,(H2,11,12). The molecule has 0 aromatic carbocycles. The third-order valence-electron chi connectivity index (χ3n) is 1.53. The van der Waals surface area contributed by atoms with Crippen LogP contribution in [-0.4, -0.2) is 4.98 Å². The van der Waals surface area contributed by atoms with E-state index in [1.165, 1.54) is 6.92 Å². The molecule has 0 atom stereocenters. The number of nitrogens with zero attached hydrogens (tertiary/aromatic N) is 1. The monoisotopic (exact) mass is 176 g/mol. The number of alkyl halides is 2. The van der Waals surface area contributed by atoms with E-state index in [1.807, 2.05) is 0 Å². The first-order valence-electron chi connectivity index (χ1n) is 3.22. The van der Waals surface area contributed by atoms with Crippen molar-refractivity contribution in [3.63, 3.8) is 0 Å². The Morgan fingerprint density at radius 3 is 2.50 bits per heavy atom. The minimum atomic E-state index is -2.78. The lowest BCUT2D eigenvalue weighted by Crippen LogP contribution is -2.03. The maximum Gasteiger partial charge on any atom is 0.267 e. The van der Waals surface area contributed by atoms with Crippen LogP contribution in [0.5, 0.6) is 0 Å². The van der Waals surface area contributed by atoms with Crippen LogP contribution in [0.15, 0.2) is 6.20 Å². The first-order chi connectivity index (χ1) is 5.54. The van der Waals surface area contributed by atoms with Gasteiger partial charge < -0.3 is 5.73 Å². The molecule has 0 radical (unpaired) electrons. The zero-order valence-corrected chi connectivity index (χ0v) is 6.31. The van der Waals surface area contributed by atoms with Crippen molar-refractivity contribution in [2.24, 2.45) is 0 Å². The van der Waals surface area contributed by atoms with Gasteiger partial charge >= 0.3 is 0 Å². The molecule has 0 fully saturated rings. The van der Waals surface area contributed by atoms with Crippen molar-refractivity contribution < 1.29 is 13.2 Å². The number of hydrogen-bond donors (Lipinski definition) is 1. The average molecular weight is 176 g/mol. The maximum atomic E-state index is 12.6. The van der Waals surface area contributed by atoms with E-state index >= 15 is 0 Å². The third kappa shape index (κ3) is 1.34. The van der Waals surface area contributed by atoms with Crippen LogP contribution in [0.1, 0.15) is 17.7 Å². The number of nitrogen functional groups attached to an aromatic ring is 1. The fourth-order valence-corrected chi connectivity index (χ4v) is 0.892. The molecule has 1 rings (SSSR count). The van der Waals surface area contributed by atoms with Gasteiger partial charge in [0.05, 0.1) is 17.4 Å². The van der Waals surface area contributed by atoms with Crippen molar-refractivity contribution in [3.8, 4) is 0 Å². The summed E-state index contributed by atoms with van der Waals surface area (Å²) in [6.07, 6.45) is -1.95. The van der Waals surface area contributed by atoms with Crippen molar-refractivity contribution in [1.82, 2.24) is 4.98 Å². The van der Waals surface area contributed by atoms with Gasteiger partial charge in [0.1, 0.15) is 0 Å². The Balaban J connectivity index is 3.33. The van der Waals surface area contributed by atoms with Gasteiger partial charge in [-0.15, -0.1) is 0 Å². The fraction of sp³-hybridized carbons (Fsp3) is 0.286. The Morgan fingerprint density at radius 2 is 2.08 bits per heavy atom. The number of aromatic nitrogens is 1. The van der Waals surface area contributed by atoms with E-state index in [-0.39, 0.29) is 5.69 Å². The summed E-state index contributed by atoms with van der Waals surface area (Å²) in [5, 5.41) is 0. The van der Waals surface area contributed by atoms with Gasteiger partial charge in [0.15, 0.2) is 5.82 Å². The van der Waals surface area contributed by atoms with Crippen LogP contribution in [0, 0.1) is 12.7 Å². The van der Waals surface area contributed by atoms with Crippen LogP contribution in [0.3, 0.4) is 0 Å². The summed E-state index contributed by atoms with van der Waals surface area (Å²) in [6, 6.07) is 0. The summed E-state index contributed by atoms with van der Waals surface area (Å²) in [5.41, 5.74) is 4.11. The Kier molecular flexibility index (Phi) is 2.21. The molecule has 1 aromatic heterocycles. The Morgan fingerprint density at radius 1 is 1.50 bits per heavy atom. The topological polar surface area (TPSA) is 38.9 Å². The van der Waals surface area contributed by atoms with Crippen molar-refractivity contribution in [2.75, 3.05) is 5.73 Å². The molecule has 0 saturated carbocycles. The van der Waals surface area contributed by atoms with Crippen molar-refractivity contribution in [3.05, 3.63) is 23.3 Å². The number of nitrogens with two attached hydrogens (primary N) is 1. The molecule has 0 bridgehead atoms. The molecule has 2 N–H and O–H groups in total. The predicted molar refractivity (Wildman–Crippen MR) is 38.3 cm³/mol. The molecule has 1 heterocycles. The minimum Gasteiger partial charge on any atom is -0.396 e. The molecular weight excluding hydrogens is 169 g/mol. The van der Waals surface area contributed by atoms with Crippen LogP contribution in [0.4, 0.5) is 18.9 Å². The highest BCUT2D eigenvalue weighted by Gasteiger charge is 2.17. The number of halogens is 3. The molecule has 2 nitrogen and oxygen atoms in total. The molecule has 5 heteroatoms. The molecule has 0 spiro atoms. The van der Waals surface area contributed by atoms with E-state index in [0.29, 0.717) is 0 Å². The zero-order chi connectivity index (χ0) is 9.30. The molecule has 0 unspecified atom stereocenters. The van der Waals surface area contributed by atoms with Gasteiger partial charge in [-0.1, -0.05) is 0 Å². The Bertz CT molecular complexity index is 299. The number of anilines is 1. The van der Waals surface area contributed by atoms with Gasteiger partial charge in [0.2, 0.25) is 0 Å². The van der Waals surface area contributed by atoms with Gasteiger partial charge in [-0.2, -0.15) is 0 Å². The van der Waals surface area contributed by atoms with Crippen molar-refractivity contribution in [1.29, 1.82) is 0 Å². The van der Waals surface area contributed by atoms with Crippen LogP contribution in [-0.2, 0) is 0 Å². The minimum absolute atomic E-state index is 0.0592. The lowest BCUT2D eigenvalue weighted by atomic mass is 10.2. The maximum absolute atomic E-state index is 12.6. The van der Waals surface area contributed by atoms with E-state index in [0.717, 1.165) is 6.20 Å². The van der Waals surface area contributed by atoms with Crippen LogP contribution in [0.25, 0.3) is 0 Å². The smallest absolute Gasteiger partial charge is 0.267 e. The average Bonchev–Trinajstić information content (AvgIpc) is 1.97. The lowest BCUT2D eigenvalue weighted by Gasteiger charge is -2.07. The van der Waals surface area contributed by atoms with Crippen LogP contribution >= 0.6 is 0 Å². The zero-order valence-electron chi connectivity index (χ0n) is 6.31. The number of rotatable bonds is 1.